The average molecular weight is 473 g/mol. The van der Waals surface area contributed by atoms with Gasteiger partial charge in [0.2, 0.25) is 0 Å². The largest absolute Gasteiger partial charge is 0.481 e. The van der Waals surface area contributed by atoms with Crippen LogP contribution in [0.25, 0.3) is 27.5 Å². The summed E-state index contributed by atoms with van der Waals surface area (Å²) in [5, 5.41) is 28.6. The third-order valence-electron chi connectivity index (χ3n) is 7.61. The Morgan fingerprint density at radius 3 is 2.66 bits per heavy atom. The SMILES string of the molecule is Cc1cc(-n2c(C(C)(C)CC#N)c(C3CCC(C(=O)O)CC3)c3cc4[nH]ncc4cc32)ccc1F. The first-order valence-corrected chi connectivity index (χ1v) is 12.1. The normalized spacial score (nSPS) is 18.7. The van der Waals surface area contributed by atoms with Gasteiger partial charge in [-0.15, -0.1) is 0 Å². The highest BCUT2D eigenvalue weighted by molar-refractivity contribution is 5.99. The van der Waals surface area contributed by atoms with Gasteiger partial charge >= 0.3 is 5.97 Å². The molecule has 1 saturated carbocycles. The molecule has 0 amide bonds. The van der Waals surface area contributed by atoms with Crippen molar-refractivity contribution in [1.82, 2.24) is 14.8 Å². The molecule has 6 nitrogen and oxygen atoms in total. The van der Waals surface area contributed by atoms with E-state index in [1.165, 1.54) is 11.6 Å². The summed E-state index contributed by atoms with van der Waals surface area (Å²) >= 11 is 0. The molecule has 5 rings (SSSR count). The molecule has 0 saturated heterocycles. The first-order valence-electron chi connectivity index (χ1n) is 12.1. The van der Waals surface area contributed by atoms with Crippen LogP contribution in [0, 0.1) is 30.0 Å². The highest BCUT2D eigenvalue weighted by Gasteiger charge is 2.36. The zero-order valence-electron chi connectivity index (χ0n) is 20.2. The van der Waals surface area contributed by atoms with E-state index >= 15 is 0 Å². The smallest absolute Gasteiger partial charge is 0.306 e. The average Bonchev–Trinajstić information content (AvgIpc) is 3.41. The zero-order chi connectivity index (χ0) is 24.9. The molecule has 1 aliphatic rings. The summed E-state index contributed by atoms with van der Waals surface area (Å²) in [4.78, 5) is 11.6. The molecule has 0 aliphatic heterocycles. The lowest BCUT2D eigenvalue weighted by molar-refractivity contribution is -0.142. The van der Waals surface area contributed by atoms with E-state index < -0.39 is 11.4 Å². The van der Waals surface area contributed by atoms with Crippen LogP contribution in [0.5, 0.6) is 0 Å². The Hall–Kier alpha value is -3.66. The van der Waals surface area contributed by atoms with Crippen molar-refractivity contribution in [3.63, 3.8) is 0 Å². The molecule has 1 aliphatic carbocycles. The van der Waals surface area contributed by atoms with Gasteiger partial charge in [-0.2, -0.15) is 10.4 Å². The van der Waals surface area contributed by atoms with Crippen molar-refractivity contribution in [2.24, 2.45) is 5.92 Å². The summed E-state index contributed by atoms with van der Waals surface area (Å²) in [5.74, 6) is -1.12. The number of hydrogen-bond acceptors (Lipinski definition) is 3. The van der Waals surface area contributed by atoms with Crippen LogP contribution in [0.2, 0.25) is 0 Å². The number of carboxylic acids is 1. The number of halogens is 1. The highest BCUT2D eigenvalue weighted by Crippen LogP contribution is 2.47. The molecular formula is C28H29FN4O2. The number of nitrogens with zero attached hydrogens (tertiary/aromatic N) is 3. The summed E-state index contributed by atoms with van der Waals surface area (Å²) < 4.78 is 16.4. The highest BCUT2D eigenvalue weighted by atomic mass is 19.1. The molecule has 0 unspecified atom stereocenters. The van der Waals surface area contributed by atoms with E-state index in [2.05, 4.69) is 46.8 Å². The number of carboxylic acid groups (broad SMARTS) is 1. The Labute approximate surface area is 203 Å². The van der Waals surface area contributed by atoms with Gasteiger partial charge in [0, 0.05) is 34.0 Å². The summed E-state index contributed by atoms with van der Waals surface area (Å²) in [6, 6.07) is 11.7. The number of H-pyrrole nitrogens is 1. The number of nitrogens with one attached hydrogen (secondary N) is 1. The topological polar surface area (TPSA) is 94.7 Å². The number of benzene rings is 2. The van der Waals surface area contributed by atoms with Gasteiger partial charge in [0.25, 0.3) is 0 Å². The molecule has 180 valence electrons. The van der Waals surface area contributed by atoms with Gasteiger partial charge in [0.15, 0.2) is 0 Å². The van der Waals surface area contributed by atoms with Crippen LogP contribution in [0.3, 0.4) is 0 Å². The first-order chi connectivity index (χ1) is 16.7. The van der Waals surface area contributed by atoms with E-state index in [4.69, 9.17) is 0 Å². The molecule has 35 heavy (non-hydrogen) atoms. The number of hydrogen-bond donors (Lipinski definition) is 2. The summed E-state index contributed by atoms with van der Waals surface area (Å²) in [6.07, 6.45) is 4.92. The second kappa shape index (κ2) is 8.53. The predicted octanol–water partition coefficient (Wildman–Crippen LogP) is 6.50. The quantitative estimate of drug-likeness (QED) is 0.346. The van der Waals surface area contributed by atoms with E-state index in [1.807, 2.05) is 6.07 Å². The summed E-state index contributed by atoms with van der Waals surface area (Å²) in [6.45, 7) is 5.92. The van der Waals surface area contributed by atoms with Crippen LogP contribution in [0.4, 0.5) is 4.39 Å². The van der Waals surface area contributed by atoms with Crippen molar-refractivity contribution in [2.45, 2.75) is 64.2 Å². The second-order valence-corrected chi connectivity index (χ2v) is 10.5. The van der Waals surface area contributed by atoms with Gasteiger partial charge in [0.05, 0.1) is 29.2 Å². The maximum atomic E-state index is 14.2. The number of aromatic nitrogens is 3. The van der Waals surface area contributed by atoms with Gasteiger partial charge in [-0.3, -0.25) is 9.89 Å². The molecule has 0 radical (unpaired) electrons. The van der Waals surface area contributed by atoms with E-state index in [1.54, 1.807) is 19.2 Å². The minimum Gasteiger partial charge on any atom is -0.481 e. The number of carbonyl (C=O) groups is 1. The van der Waals surface area contributed by atoms with Crippen molar-refractivity contribution in [3.8, 4) is 11.8 Å². The number of aromatic amines is 1. The molecule has 4 aromatic rings. The van der Waals surface area contributed by atoms with Gasteiger partial charge in [-0.25, -0.2) is 4.39 Å². The van der Waals surface area contributed by atoms with Crippen LogP contribution in [-0.4, -0.2) is 25.8 Å². The Bertz CT molecular complexity index is 1480. The van der Waals surface area contributed by atoms with Crippen LogP contribution in [0.1, 0.15) is 68.7 Å². The monoisotopic (exact) mass is 472 g/mol. The minimum absolute atomic E-state index is 0.171. The molecular weight excluding hydrogens is 443 g/mol. The number of nitriles is 1. The maximum Gasteiger partial charge on any atom is 0.306 e. The lowest BCUT2D eigenvalue weighted by Crippen LogP contribution is -2.26. The molecule has 2 aromatic carbocycles. The van der Waals surface area contributed by atoms with Crippen molar-refractivity contribution in [3.05, 3.63) is 59.2 Å². The van der Waals surface area contributed by atoms with Gasteiger partial charge in [-0.1, -0.05) is 13.8 Å². The van der Waals surface area contributed by atoms with Crippen molar-refractivity contribution in [2.75, 3.05) is 0 Å². The Kier molecular flexibility index (Phi) is 5.63. The molecule has 2 heterocycles. The van der Waals surface area contributed by atoms with Gasteiger partial charge in [-0.05, 0) is 80.0 Å². The molecule has 1 fully saturated rings. The van der Waals surface area contributed by atoms with E-state index in [0.717, 1.165) is 46.0 Å². The van der Waals surface area contributed by atoms with Crippen LogP contribution < -0.4 is 0 Å². The number of rotatable bonds is 5. The predicted molar refractivity (Wildman–Crippen MR) is 133 cm³/mol. The fraction of sp³-hybridized carbons (Fsp3) is 0.393. The van der Waals surface area contributed by atoms with E-state index in [0.29, 0.717) is 24.8 Å². The summed E-state index contributed by atoms with van der Waals surface area (Å²) in [7, 11) is 0. The third-order valence-corrected chi connectivity index (χ3v) is 7.61. The minimum atomic E-state index is -0.725. The maximum absolute atomic E-state index is 14.2. The number of aliphatic carboxylic acids is 1. The van der Waals surface area contributed by atoms with Crippen LogP contribution >= 0.6 is 0 Å². The lowest BCUT2D eigenvalue weighted by Gasteiger charge is -2.32. The fourth-order valence-corrected chi connectivity index (χ4v) is 5.78. The second-order valence-electron chi connectivity index (χ2n) is 10.5. The molecule has 2 N–H and O–H groups in total. The Morgan fingerprint density at radius 2 is 2.00 bits per heavy atom. The Morgan fingerprint density at radius 1 is 1.26 bits per heavy atom. The van der Waals surface area contributed by atoms with Crippen molar-refractivity contribution >= 4 is 27.8 Å². The number of aryl methyl sites for hydroxylation is 1. The van der Waals surface area contributed by atoms with Crippen molar-refractivity contribution in [1.29, 1.82) is 5.26 Å². The molecule has 0 atom stereocenters. The molecule has 0 spiro atoms. The van der Waals surface area contributed by atoms with Gasteiger partial charge in [0.1, 0.15) is 5.82 Å². The summed E-state index contributed by atoms with van der Waals surface area (Å²) in [5.41, 5.74) is 5.05. The molecule has 2 aromatic heterocycles. The fourth-order valence-electron chi connectivity index (χ4n) is 5.78. The van der Waals surface area contributed by atoms with Crippen molar-refractivity contribution < 1.29 is 14.3 Å². The third kappa shape index (κ3) is 3.87. The lowest BCUT2D eigenvalue weighted by atomic mass is 9.74. The number of fused-ring (bicyclic) bond motifs is 2. The van der Waals surface area contributed by atoms with Gasteiger partial charge < -0.3 is 9.67 Å². The van der Waals surface area contributed by atoms with Crippen LogP contribution in [0.15, 0.2) is 36.5 Å². The van der Waals surface area contributed by atoms with E-state index in [-0.39, 0.29) is 17.7 Å². The Balaban J connectivity index is 1.84. The van der Waals surface area contributed by atoms with E-state index in [9.17, 15) is 19.6 Å². The molecule has 0 bridgehead atoms. The zero-order valence-corrected chi connectivity index (χ0v) is 20.2. The standard InChI is InChI=1S/C28H29FN4O2/c1-16-12-20(8-9-22(16)29)33-24-13-19-15-31-32-23(19)14-21(24)25(26(33)28(2,3)10-11-30)17-4-6-18(7-5-17)27(34)35/h8-9,12-15,17-18H,4-7,10H2,1-3H3,(H,31,32)(H,34,35). The van der Waals surface area contributed by atoms with Crippen LogP contribution in [-0.2, 0) is 10.2 Å². The molecule has 7 heteroatoms. The first kappa shape index (κ1) is 23.1.